The van der Waals surface area contributed by atoms with E-state index < -0.39 is 5.41 Å². The number of benzene rings is 7. The smallest absolute Gasteiger partial charge is 0.132 e. The lowest BCUT2D eigenvalue weighted by Crippen LogP contribution is -2.32. The minimum atomic E-state index is -0.664. The fourth-order valence-electron chi connectivity index (χ4n) is 10.3. The molecule has 0 bridgehead atoms. The number of nitrogens with zero attached hydrogens (tertiary/aromatic N) is 5. The lowest BCUT2D eigenvalue weighted by Gasteiger charge is -2.39. The molecule has 0 saturated carbocycles. The van der Waals surface area contributed by atoms with Crippen molar-refractivity contribution in [1.82, 2.24) is 19.1 Å². The molecule has 0 fully saturated rings. The number of fused-ring (bicyclic) bond motifs is 15. The Labute approximate surface area is 344 Å². The average Bonchev–Trinajstić information content (AvgIpc) is 3.93. The van der Waals surface area contributed by atoms with E-state index in [9.17, 15) is 5.26 Å². The molecule has 4 aromatic heterocycles. The highest BCUT2D eigenvalue weighted by molar-refractivity contribution is 6.11. The Kier molecular flexibility index (Phi) is 6.62. The first kappa shape index (κ1) is 32.8. The van der Waals surface area contributed by atoms with Crippen LogP contribution in [0.25, 0.3) is 77.5 Å². The number of ether oxygens (including phenoxy) is 1. The van der Waals surface area contributed by atoms with Gasteiger partial charge in [0.05, 0.1) is 50.1 Å². The molecule has 0 atom stereocenters. The average molecular weight is 766 g/mol. The summed E-state index contributed by atoms with van der Waals surface area (Å²) >= 11 is 0. The Balaban J connectivity index is 1.02. The molecule has 13 rings (SSSR count). The molecule has 6 nitrogen and oxygen atoms in total. The minimum absolute atomic E-state index is 0.604. The molecule has 0 radical (unpaired) electrons. The molecule has 1 aliphatic heterocycles. The van der Waals surface area contributed by atoms with Gasteiger partial charge in [0, 0.05) is 50.8 Å². The van der Waals surface area contributed by atoms with E-state index in [1.807, 2.05) is 36.7 Å². The Bertz CT molecular complexity index is 3580. The lowest BCUT2D eigenvalue weighted by atomic mass is 9.66. The fourth-order valence-corrected chi connectivity index (χ4v) is 10.3. The predicted molar refractivity (Wildman–Crippen MR) is 238 cm³/mol. The van der Waals surface area contributed by atoms with Crippen molar-refractivity contribution in [3.8, 4) is 51.5 Å². The second-order valence-electron chi connectivity index (χ2n) is 15.6. The first-order valence-corrected chi connectivity index (χ1v) is 20.1. The molecule has 0 amide bonds. The third-order valence-electron chi connectivity index (χ3n) is 12.7. The highest BCUT2D eigenvalue weighted by atomic mass is 16.5. The Morgan fingerprint density at radius 2 is 1.00 bits per heavy atom. The maximum Gasteiger partial charge on any atom is 0.132 e. The molecule has 278 valence electrons. The van der Waals surface area contributed by atoms with Gasteiger partial charge in [0.2, 0.25) is 0 Å². The van der Waals surface area contributed by atoms with Crippen LogP contribution >= 0.6 is 0 Å². The van der Waals surface area contributed by atoms with Gasteiger partial charge in [-0.25, -0.2) is 0 Å². The van der Waals surface area contributed by atoms with Crippen LogP contribution < -0.4 is 4.74 Å². The molecule has 0 N–H and O–H groups in total. The zero-order valence-electron chi connectivity index (χ0n) is 32.0. The van der Waals surface area contributed by atoms with Gasteiger partial charge in [-0.15, -0.1) is 0 Å². The summed E-state index contributed by atoms with van der Waals surface area (Å²) in [5.74, 6) is 1.64. The number of aromatic nitrogens is 4. The van der Waals surface area contributed by atoms with Crippen molar-refractivity contribution in [3.63, 3.8) is 0 Å². The molecule has 60 heavy (non-hydrogen) atoms. The van der Waals surface area contributed by atoms with Gasteiger partial charge in [-0.1, -0.05) is 97.1 Å². The summed E-state index contributed by atoms with van der Waals surface area (Å²) in [6.45, 7) is 0. The van der Waals surface area contributed by atoms with Crippen molar-refractivity contribution in [2.24, 2.45) is 0 Å². The highest BCUT2D eigenvalue weighted by Gasteiger charge is 2.52. The SMILES string of the molecule is N#Cc1ccc(-n2c3ccccc3c3ccccc32)cc1-n1c2ccccc2c2cc(-c3ccc4c(c3)C3(c5ccccc5O4)c4cccnc4-c4ncccc43)ccc21. The number of pyridine rings is 2. The molecule has 5 heterocycles. The summed E-state index contributed by atoms with van der Waals surface area (Å²) in [4.78, 5) is 9.80. The van der Waals surface area contributed by atoms with Gasteiger partial charge < -0.3 is 13.9 Å². The van der Waals surface area contributed by atoms with Crippen molar-refractivity contribution >= 4 is 43.6 Å². The van der Waals surface area contributed by atoms with Gasteiger partial charge >= 0.3 is 0 Å². The van der Waals surface area contributed by atoms with Gasteiger partial charge in [-0.3, -0.25) is 9.97 Å². The van der Waals surface area contributed by atoms with Gasteiger partial charge in [0.1, 0.15) is 17.6 Å². The number of nitriles is 1. The third kappa shape index (κ3) is 4.25. The van der Waals surface area contributed by atoms with Crippen LogP contribution in [0.4, 0.5) is 0 Å². The van der Waals surface area contributed by atoms with E-state index in [-0.39, 0.29) is 0 Å². The van der Waals surface area contributed by atoms with Gasteiger partial charge in [-0.05, 0) is 101 Å². The normalized spacial score (nSPS) is 13.2. The van der Waals surface area contributed by atoms with Crippen LogP contribution in [0.1, 0.15) is 27.8 Å². The second-order valence-corrected chi connectivity index (χ2v) is 15.6. The zero-order valence-corrected chi connectivity index (χ0v) is 32.0. The molecule has 0 saturated heterocycles. The largest absolute Gasteiger partial charge is 0.457 e. The molecular weight excluding hydrogens is 735 g/mol. The minimum Gasteiger partial charge on any atom is -0.457 e. The molecule has 1 aliphatic carbocycles. The molecular formula is C54H31N5O. The van der Waals surface area contributed by atoms with E-state index >= 15 is 0 Å². The van der Waals surface area contributed by atoms with Crippen LogP contribution in [0.5, 0.6) is 11.5 Å². The summed E-state index contributed by atoms with van der Waals surface area (Å²) in [5.41, 5.74) is 14.4. The predicted octanol–water partition coefficient (Wildman–Crippen LogP) is 12.7. The lowest BCUT2D eigenvalue weighted by molar-refractivity contribution is 0.436. The van der Waals surface area contributed by atoms with Gasteiger partial charge in [0.15, 0.2) is 0 Å². The number of para-hydroxylation sites is 4. The van der Waals surface area contributed by atoms with E-state index in [1.165, 1.54) is 10.8 Å². The summed E-state index contributed by atoms with van der Waals surface area (Å²) in [6, 6.07) is 64.3. The topological polar surface area (TPSA) is 68.7 Å². The Hall–Kier alpha value is -8.27. The summed E-state index contributed by atoms with van der Waals surface area (Å²) < 4.78 is 11.3. The molecule has 1 spiro atoms. The van der Waals surface area contributed by atoms with Gasteiger partial charge in [-0.2, -0.15) is 5.26 Å². The van der Waals surface area contributed by atoms with E-state index in [0.717, 1.165) is 100 Å². The van der Waals surface area contributed by atoms with Crippen LogP contribution in [0.2, 0.25) is 0 Å². The van der Waals surface area contributed by atoms with Crippen LogP contribution in [-0.2, 0) is 5.41 Å². The Morgan fingerprint density at radius 3 is 1.70 bits per heavy atom. The molecule has 6 heteroatoms. The monoisotopic (exact) mass is 765 g/mol. The third-order valence-corrected chi connectivity index (χ3v) is 12.7. The van der Waals surface area contributed by atoms with Crippen LogP contribution in [0.3, 0.4) is 0 Å². The zero-order chi connectivity index (χ0) is 39.5. The number of hydrogen-bond donors (Lipinski definition) is 0. The molecule has 11 aromatic rings. The van der Waals surface area contributed by atoms with Crippen molar-refractivity contribution in [1.29, 1.82) is 5.26 Å². The summed E-state index contributed by atoms with van der Waals surface area (Å²) in [7, 11) is 0. The molecule has 7 aromatic carbocycles. The van der Waals surface area contributed by atoms with Crippen LogP contribution in [-0.4, -0.2) is 19.1 Å². The summed E-state index contributed by atoms with van der Waals surface area (Å²) in [5, 5.41) is 15.2. The Morgan fingerprint density at radius 1 is 0.450 bits per heavy atom. The number of hydrogen-bond acceptors (Lipinski definition) is 4. The fraction of sp³-hybridized carbons (Fsp3) is 0.0185. The van der Waals surface area contributed by atoms with Crippen molar-refractivity contribution in [2.75, 3.05) is 0 Å². The molecule has 2 aliphatic rings. The highest BCUT2D eigenvalue weighted by Crippen LogP contribution is 2.61. The van der Waals surface area contributed by atoms with E-state index in [1.54, 1.807) is 0 Å². The maximum absolute atomic E-state index is 10.6. The molecule has 0 unspecified atom stereocenters. The first-order chi connectivity index (χ1) is 29.7. The van der Waals surface area contributed by atoms with E-state index in [0.29, 0.717) is 5.56 Å². The van der Waals surface area contributed by atoms with E-state index in [2.05, 4.69) is 167 Å². The quantitative estimate of drug-likeness (QED) is 0.180. The van der Waals surface area contributed by atoms with Crippen molar-refractivity contribution < 1.29 is 4.74 Å². The summed E-state index contributed by atoms with van der Waals surface area (Å²) in [6.07, 6.45) is 3.70. The van der Waals surface area contributed by atoms with Gasteiger partial charge in [0.25, 0.3) is 0 Å². The van der Waals surface area contributed by atoms with Crippen molar-refractivity contribution in [3.05, 3.63) is 216 Å². The maximum atomic E-state index is 10.6. The standard InChI is InChI=1S/C54H31N5O/c55-32-35-21-24-36(58-45-17-5-1-11-37(45)38-12-2-6-18-46(38)58)31-49(35)59-47-19-7-3-13-39(47)40-29-33(22-25-48(40)59)34-23-26-51-44(30-34)54(41-14-4-8-20-50(41)60-51)42-15-9-27-56-52(42)53-43(54)16-10-28-57-53/h1-31H. The van der Waals surface area contributed by atoms with Crippen LogP contribution in [0.15, 0.2) is 188 Å². The second kappa shape index (κ2) is 12.1. The first-order valence-electron chi connectivity index (χ1n) is 20.1. The van der Waals surface area contributed by atoms with Crippen molar-refractivity contribution in [2.45, 2.75) is 5.41 Å². The van der Waals surface area contributed by atoms with Crippen LogP contribution in [0, 0.1) is 11.3 Å². The van der Waals surface area contributed by atoms with E-state index in [4.69, 9.17) is 14.7 Å². The number of rotatable bonds is 3.